The highest BCUT2D eigenvalue weighted by Crippen LogP contribution is 2.21. The largest absolute Gasteiger partial charge is 0.288 e. The lowest BCUT2D eigenvalue weighted by molar-refractivity contribution is 0.636. The van der Waals surface area contributed by atoms with E-state index in [1.54, 1.807) is 24.5 Å². The van der Waals surface area contributed by atoms with Crippen molar-refractivity contribution in [2.75, 3.05) is 0 Å². The summed E-state index contributed by atoms with van der Waals surface area (Å²) in [5.41, 5.74) is 0.325. The van der Waals surface area contributed by atoms with Crippen molar-refractivity contribution in [2.24, 2.45) is 0 Å². The molecule has 5 heteroatoms. The molecule has 2 aromatic heterocycles. The van der Waals surface area contributed by atoms with Gasteiger partial charge in [0, 0.05) is 17.8 Å². The molecular weight excluding hydrogens is 219 g/mol. The zero-order valence-corrected chi connectivity index (χ0v) is 9.13. The third-order valence-electron chi connectivity index (χ3n) is 2.65. The van der Waals surface area contributed by atoms with Gasteiger partial charge in [-0.25, -0.2) is 19.3 Å². The molecule has 0 atom stereocenters. The van der Waals surface area contributed by atoms with Crippen molar-refractivity contribution in [3.05, 3.63) is 48.6 Å². The molecule has 4 nitrogen and oxygen atoms in total. The molecule has 0 aliphatic carbocycles. The lowest BCUT2D eigenvalue weighted by atomic mass is 10.2. The highest BCUT2D eigenvalue weighted by molar-refractivity contribution is 5.85. The predicted molar refractivity (Wildman–Crippen MR) is 61.4 cm³/mol. The highest BCUT2D eigenvalue weighted by atomic mass is 19.1. The quantitative estimate of drug-likeness (QED) is 0.641. The molecule has 0 amide bonds. The summed E-state index contributed by atoms with van der Waals surface area (Å²) in [6.07, 6.45) is 4.84. The molecule has 0 aliphatic heterocycles. The zero-order chi connectivity index (χ0) is 11.8. The lowest BCUT2D eigenvalue weighted by Crippen LogP contribution is -2.01. The Morgan fingerprint density at radius 1 is 1.18 bits per heavy atom. The molecule has 2 heterocycles. The Kier molecular flexibility index (Phi) is 2.11. The molecule has 17 heavy (non-hydrogen) atoms. The topological polar surface area (TPSA) is 43.6 Å². The van der Waals surface area contributed by atoms with Gasteiger partial charge < -0.3 is 0 Å². The van der Waals surface area contributed by atoms with Crippen LogP contribution in [-0.4, -0.2) is 19.5 Å². The standard InChI is InChI=1S/C12H9FN4/c1-8-14-5-6-17(8)12-9-3-2-4-10(13)11(9)15-7-16-12/h2-7H,1H3. The molecule has 0 unspecified atom stereocenters. The average Bonchev–Trinajstić information content (AvgIpc) is 2.75. The Morgan fingerprint density at radius 2 is 2.06 bits per heavy atom. The normalized spacial score (nSPS) is 10.9. The Bertz CT molecular complexity index is 690. The van der Waals surface area contributed by atoms with Crippen LogP contribution < -0.4 is 0 Å². The van der Waals surface area contributed by atoms with Crippen molar-refractivity contribution in [2.45, 2.75) is 6.92 Å². The molecule has 1 aromatic carbocycles. The van der Waals surface area contributed by atoms with Gasteiger partial charge in [0.05, 0.1) is 0 Å². The van der Waals surface area contributed by atoms with Crippen LogP contribution in [0.25, 0.3) is 16.7 Å². The molecule has 3 aromatic rings. The number of imidazole rings is 1. The summed E-state index contributed by atoms with van der Waals surface area (Å²) in [5.74, 6) is 1.10. The second kappa shape index (κ2) is 3.62. The van der Waals surface area contributed by atoms with Gasteiger partial charge >= 0.3 is 0 Å². The SMILES string of the molecule is Cc1nccn1-c1ncnc2c(F)cccc12. The van der Waals surface area contributed by atoms with Crippen molar-refractivity contribution in [1.82, 2.24) is 19.5 Å². The van der Waals surface area contributed by atoms with Crippen molar-refractivity contribution in [3.8, 4) is 5.82 Å². The van der Waals surface area contributed by atoms with Crippen LogP contribution in [0.3, 0.4) is 0 Å². The van der Waals surface area contributed by atoms with Crippen molar-refractivity contribution >= 4 is 10.9 Å². The van der Waals surface area contributed by atoms with E-state index < -0.39 is 0 Å². The third-order valence-corrected chi connectivity index (χ3v) is 2.65. The highest BCUT2D eigenvalue weighted by Gasteiger charge is 2.09. The second-order valence-corrected chi connectivity index (χ2v) is 3.68. The number of nitrogens with zero attached hydrogens (tertiary/aromatic N) is 4. The molecule has 3 rings (SSSR count). The van der Waals surface area contributed by atoms with E-state index in [2.05, 4.69) is 15.0 Å². The first-order chi connectivity index (χ1) is 8.27. The van der Waals surface area contributed by atoms with Gasteiger partial charge in [-0.3, -0.25) is 4.57 Å². The van der Waals surface area contributed by atoms with Gasteiger partial charge in [0.25, 0.3) is 0 Å². The molecule has 0 N–H and O–H groups in total. The monoisotopic (exact) mass is 228 g/mol. The third kappa shape index (κ3) is 1.47. The number of fused-ring (bicyclic) bond motifs is 1. The van der Waals surface area contributed by atoms with Gasteiger partial charge in [-0.15, -0.1) is 0 Å². The minimum atomic E-state index is -0.344. The van der Waals surface area contributed by atoms with E-state index >= 15 is 0 Å². The second-order valence-electron chi connectivity index (χ2n) is 3.68. The van der Waals surface area contributed by atoms with Crippen LogP contribution in [0.5, 0.6) is 0 Å². The van der Waals surface area contributed by atoms with Gasteiger partial charge in [-0.05, 0) is 19.1 Å². The van der Waals surface area contributed by atoms with Crippen LogP contribution in [0.4, 0.5) is 4.39 Å². The van der Waals surface area contributed by atoms with E-state index in [0.29, 0.717) is 16.7 Å². The predicted octanol–water partition coefficient (Wildman–Crippen LogP) is 2.26. The Labute approximate surface area is 96.8 Å². The van der Waals surface area contributed by atoms with Crippen molar-refractivity contribution in [3.63, 3.8) is 0 Å². The number of aryl methyl sites for hydroxylation is 1. The molecule has 0 radical (unpaired) electrons. The number of aromatic nitrogens is 4. The maximum absolute atomic E-state index is 13.6. The Morgan fingerprint density at radius 3 is 2.82 bits per heavy atom. The van der Waals surface area contributed by atoms with Crippen LogP contribution >= 0.6 is 0 Å². The molecule has 0 saturated carbocycles. The summed E-state index contributed by atoms with van der Waals surface area (Å²) in [6, 6.07) is 4.84. The number of hydrogen-bond donors (Lipinski definition) is 0. The average molecular weight is 228 g/mol. The van der Waals surface area contributed by atoms with E-state index in [-0.39, 0.29) is 5.82 Å². The zero-order valence-electron chi connectivity index (χ0n) is 9.13. The van der Waals surface area contributed by atoms with Gasteiger partial charge in [-0.2, -0.15) is 0 Å². The van der Waals surface area contributed by atoms with Gasteiger partial charge in [0.1, 0.15) is 29.3 Å². The van der Waals surface area contributed by atoms with Gasteiger partial charge in [0.2, 0.25) is 0 Å². The number of hydrogen-bond acceptors (Lipinski definition) is 3. The smallest absolute Gasteiger partial charge is 0.149 e. The van der Waals surface area contributed by atoms with E-state index in [9.17, 15) is 4.39 Å². The summed E-state index contributed by atoms with van der Waals surface area (Å²) >= 11 is 0. The maximum Gasteiger partial charge on any atom is 0.149 e. The van der Waals surface area contributed by atoms with Crippen LogP contribution in [0.1, 0.15) is 5.82 Å². The Hall–Kier alpha value is -2.30. The van der Waals surface area contributed by atoms with Crippen molar-refractivity contribution in [1.29, 1.82) is 0 Å². The van der Waals surface area contributed by atoms with Crippen LogP contribution in [0.15, 0.2) is 36.9 Å². The summed E-state index contributed by atoms with van der Waals surface area (Å²) in [6.45, 7) is 1.87. The molecule has 0 saturated heterocycles. The van der Waals surface area contributed by atoms with Gasteiger partial charge in [0.15, 0.2) is 0 Å². The fourth-order valence-electron chi connectivity index (χ4n) is 1.83. The van der Waals surface area contributed by atoms with Crippen LogP contribution in [-0.2, 0) is 0 Å². The summed E-state index contributed by atoms with van der Waals surface area (Å²) in [5, 5.41) is 0.675. The summed E-state index contributed by atoms with van der Waals surface area (Å²) in [7, 11) is 0. The van der Waals surface area contributed by atoms with Crippen LogP contribution in [0.2, 0.25) is 0 Å². The fraction of sp³-hybridized carbons (Fsp3) is 0.0833. The molecular formula is C12H9FN4. The van der Waals surface area contributed by atoms with E-state index in [1.807, 2.05) is 11.5 Å². The Balaban J connectivity index is 2.38. The minimum Gasteiger partial charge on any atom is -0.288 e. The van der Waals surface area contributed by atoms with Crippen LogP contribution in [0, 0.1) is 12.7 Å². The molecule has 0 fully saturated rings. The summed E-state index contributed by atoms with van der Waals surface area (Å²) in [4.78, 5) is 12.3. The first kappa shape index (κ1) is 9.89. The number of para-hydroxylation sites is 1. The number of benzene rings is 1. The van der Waals surface area contributed by atoms with Gasteiger partial charge in [-0.1, -0.05) is 6.07 Å². The first-order valence-corrected chi connectivity index (χ1v) is 5.17. The summed E-state index contributed by atoms with van der Waals surface area (Å²) < 4.78 is 15.4. The molecule has 0 aliphatic rings. The molecule has 0 bridgehead atoms. The van der Waals surface area contributed by atoms with E-state index in [1.165, 1.54) is 12.4 Å². The number of halogens is 1. The van der Waals surface area contributed by atoms with Crippen molar-refractivity contribution < 1.29 is 4.39 Å². The minimum absolute atomic E-state index is 0.325. The first-order valence-electron chi connectivity index (χ1n) is 5.17. The van der Waals surface area contributed by atoms with E-state index in [4.69, 9.17) is 0 Å². The maximum atomic E-state index is 13.6. The lowest BCUT2D eigenvalue weighted by Gasteiger charge is -2.07. The molecule has 0 spiro atoms. The fourth-order valence-corrected chi connectivity index (χ4v) is 1.83. The molecule has 84 valence electrons. The van der Waals surface area contributed by atoms with E-state index in [0.717, 1.165) is 5.82 Å². The number of rotatable bonds is 1.